The molecule has 0 aliphatic heterocycles. The number of aromatic nitrogens is 1. The zero-order valence-corrected chi connectivity index (χ0v) is 16.4. The molecule has 4 N–H and O–H groups in total. The van der Waals surface area contributed by atoms with Gasteiger partial charge in [-0.05, 0) is 48.9 Å². The van der Waals surface area contributed by atoms with Crippen LogP contribution in [0.2, 0.25) is 0 Å². The number of hydrogen-bond acceptors (Lipinski definition) is 5. The van der Waals surface area contributed by atoms with E-state index in [-0.39, 0.29) is 22.4 Å². The van der Waals surface area contributed by atoms with Crippen LogP contribution in [0.3, 0.4) is 0 Å². The van der Waals surface area contributed by atoms with Crippen LogP contribution >= 0.6 is 0 Å². The Kier molecular flexibility index (Phi) is 5.51. The number of pyridine rings is 1. The smallest absolute Gasteiger partial charge is 0.255 e. The first-order valence-electron chi connectivity index (χ1n) is 8.72. The molecule has 8 nitrogen and oxygen atoms in total. The molecule has 2 aromatic carbocycles. The van der Waals surface area contributed by atoms with Crippen LogP contribution in [0.1, 0.15) is 22.3 Å². The number of aromatic amines is 1. The normalized spacial score (nSPS) is 11.3. The Morgan fingerprint density at radius 1 is 1.10 bits per heavy atom. The predicted octanol–water partition coefficient (Wildman–Crippen LogP) is 1.74. The lowest BCUT2D eigenvalue weighted by Gasteiger charge is -2.09. The van der Waals surface area contributed by atoms with E-state index >= 15 is 0 Å². The predicted molar refractivity (Wildman–Crippen MR) is 110 cm³/mol. The molecule has 3 rings (SSSR count). The Bertz CT molecular complexity index is 1280. The average Bonchev–Trinajstić information content (AvgIpc) is 2.67. The summed E-state index contributed by atoms with van der Waals surface area (Å²) in [6.07, 6.45) is -0.294. The highest BCUT2D eigenvalue weighted by Gasteiger charge is 2.17. The van der Waals surface area contributed by atoms with Gasteiger partial charge in [0, 0.05) is 34.6 Å². The summed E-state index contributed by atoms with van der Waals surface area (Å²) in [7, 11) is -3.74. The lowest BCUT2D eigenvalue weighted by atomic mass is 10.1. The van der Waals surface area contributed by atoms with Crippen molar-refractivity contribution >= 4 is 38.2 Å². The number of nitrogens with two attached hydrogens (primary N) is 1. The van der Waals surface area contributed by atoms with E-state index in [0.29, 0.717) is 11.2 Å². The van der Waals surface area contributed by atoms with E-state index in [1.807, 2.05) is 0 Å². The molecule has 0 radical (unpaired) electrons. The molecular weight excluding hydrogens is 394 g/mol. The molecule has 0 aliphatic rings. The average molecular weight is 413 g/mol. The highest BCUT2D eigenvalue weighted by atomic mass is 32.2. The molecule has 0 aliphatic carbocycles. The van der Waals surface area contributed by atoms with Crippen molar-refractivity contribution in [2.45, 2.75) is 18.2 Å². The molecule has 150 valence electrons. The molecule has 0 unspecified atom stereocenters. The third kappa shape index (κ3) is 4.69. The van der Waals surface area contributed by atoms with Crippen molar-refractivity contribution in [3.63, 3.8) is 0 Å². The summed E-state index contributed by atoms with van der Waals surface area (Å²) in [5, 5.41) is 3.50. The lowest BCUT2D eigenvalue weighted by molar-refractivity contribution is -0.117. The first-order valence-corrected chi connectivity index (χ1v) is 10.4. The summed E-state index contributed by atoms with van der Waals surface area (Å²) < 4.78 is 24.6. The van der Waals surface area contributed by atoms with Crippen LogP contribution in [0.4, 0.5) is 5.69 Å². The lowest BCUT2D eigenvalue weighted by Crippen LogP contribution is -2.18. The third-order valence-corrected chi connectivity index (χ3v) is 6.09. The van der Waals surface area contributed by atoms with Crippen molar-refractivity contribution in [1.82, 2.24) is 4.98 Å². The Hall–Kier alpha value is -3.46. The van der Waals surface area contributed by atoms with E-state index < -0.39 is 27.4 Å². The molecular formula is C20H19N3O5S. The second-order valence-corrected chi connectivity index (χ2v) is 8.70. The fourth-order valence-electron chi connectivity index (χ4n) is 2.89. The number of anilines is 1. The number of hydrogen-bond donors (Lipinski definition) is 3. The maximum absolute atomic E-state index is 12.6. The number of H-pyrrole nitrogens is 1. The summed E-state index contributed by atoms with van der Waals surface area (Å²) >= 11 is 0. The van der Waals surface area contributed by atoms with Gasteiger partial charge in [0.05, 0.1) is 10.6 Å². The van der Waals surface area contributed by atoms with E-state index in [1.165, 1.54) is 30.3 Å². The van der Waals surface area contributed by atoms with E-state index in [4.69, 9.17) is 5.73 Å². The van der Waals surface area contributed by atoms with Crippen molar-refractivity contribution in [3.8, 4) is 0 Å². The standard InChI is InChI=1S/C20H19N3O5S/c1-12-9-19(25)23-17-6-5-14(11-16(12)17)22-20(26)13-3-2-4-15(10-13)29(27,28)8-7-18(21)24/h2-6,9-11H,7-8H2,1H3,(H2,21,24)(H,22,26)(H,23,25). The summed E-state index contributed by atoms with van der Waals surface area (Å²) in [6.45, 7) is 1.80. The van der Waals surface area contributed by atoms with Crippen LogP contribution in [-0.2, 0) is 14.6 Å². The molecule has 0 atom stereocenters. The maximum atomic E-state index is 12.6. The first kappa shape index (κ1) is 20.3. The number of nitrogens with one attached hydrogen (secondary N) is 2. The van der Waals surface area contributed by atoms with Gasteiger partial charge in [-0.15, -0.1) is 0 Å². The second-order valence-electron chi connectivity index (χ2n) is 6.59. The minimum Gasteiger partial charge on any atom is -0.370 e. The monoisotopic (exact) mass is 413 g/mol. The van der Waals surface area contributed by atoms with Gasteiger partial charge < -0.3 is 16.0 Å². The summed E-state index contributed by atoms with van der Waals surface area (Å²) in [5.41, 5.74) is 6.88. The number of rotatable bonds is 6. The van der Waals surface area contributed by atoms with Gasteiger partial charge >= 0.3 is 0 Å². The molecule has 1 aromatic heterocycles. The van der Waals surface area contributed by atoms with Gasteiger partial charge in [0.25, 0.3) is 5.91 Å². The van der Waals surface area contributed by atoms with Crippen molar-refractivity contribution in [2.75, 3.05) is 11.1 Å². The summed E-state index contributed by atoms with van der Waals surface area (Å²) in [4.78, 5) is 37.7. The Balaban J connectivity index is 1.85. The maximum Gasteiger partial charge on any atom is 0.255 e. The highest BCUT2D eigenvalue weighted by molar-refractivity contribution is 7.91. The van der Waals surface area contributed by atoms with Gasteiger partial charge in [0.1, 0.15) is 0 Å². The fourth-order valence-corrected chi connectivity index (χ4v) is 4.19. The molecule has 29 heavy (non-hydrogen) atoms. The van der Waals surface area contributed by atoms with Crippen LogP contribution in [-0.4, -0.2) is 31.0 Å². The first-order chi connectivity index (χ1) is 13.7. The number of fused-ring (bicyclic) bond motifs is 1. The topological polar surface area (TPSA) is 139 Å². The summed E-state index contributed by atoms with van der Waals surface area (Å²) in [5.74, 6) is -1.62. The number of primary amides is 1. The minimum atomic E-state index is -3.74. The van der Waals surface area contributed by atoms with Crippen molar-refractivity contribution in [3.05, 3.63) is 70.0 Å². The van der Waals surface area contributed by atoms with Crippen LogP contribution in [0.15, 0.2) is 58.2 Å². The Morgan fingerprint density at radius 2 is 1.86 bits per heavy atom. The number of amides is 2. The van der Waals surface area contributed by atoms with Gasteiger partial charge in [0.15, 0.2) is 9.84 Å². The van der Waals surface area contributed by atoms with Crippen LogP contribution in [0.25, 0.3) is 10.9 Å². The van der Waals surface area contributed by atoms with E-state index in [0.717, 1.165) is 10.9 Å². The largest absolute Gasteiger partial charge is 0.370 e. The van der Waals surface area contributed by atoms with Gasteiger partial charge in [-0.25, -0.2) is 8.42 Å². The molecule has 9 heteroatoms. The fraction of sp³-hybridized carbons (Fsp3) is 0.150. The SMILES string of the molecule is Cc1cc(=O)[nH]c2ccc(NC(=O)c3cccc(S(=O)(=O)CCC(N)=O)c3)cc12. The quantitative estimate of drug-likeness (QED) is 0.565. The van der Waals surface area contributed by atoms with Gasteiger partial charge in [0.2, 0.25) is 11.5 Å². The number of benzene rings is 2. The number of aryl methyl sites for hydroxylation is 1. The zero-order chi connectivity index (χ0) is 21.2. The van der Waals surface area contributed by atoms with Gasteiger partial charge in [-0.3, -0.25) is 14.4 Å². The summed E-state index contributed by atoms with van der Waals surface area (Å²) in [6, 6.07) is 12.1. The van der Waals surface area contributed by atoms with E-state index in [9.17, 15) is 22.8 Å². The minimum absolute atomic E-state index is 0.0571. The molecule has 0 bridgehead atoms. The number of sulfone groups is 1. The molecule has 0 saturated carbocycles. The van der Waals surface area contributed by atoms with Crippen LogP contribution in [0, 0.1) is 6.92 Å². The van der Waals surface area contributed by atoms with Gasteiger partial charge in [-0.2, -0.15) is 0 Å². The van der Waals surface area contributed by atoms with E-state index in [2.05, 4.69) is 10.3 Å². The number of carbonyl (C=O) groups excluding carboxylic acids is 2. The van der Waals surface area contributed by atoms with Crippen molar-refractivity contribution in [2.24, 2.45) is 5.73 Å². The molecule has 0 saturated heterocycles. The molecule has 2 amide bonds. The molecule has 0 fully saturated rings. The number of carbonyl (C=O) groups is 2. The third-order valence-electron chi connectivity index (χ3n) is 4.38. The second kappa shape index (κ2) is 7.88. The van der Waals surface area contributed by atoms with E-state index in [1.54, 1.807) is 25.1 Å². The zero-order valence-electron chi connectivity index (χ0n) is 15.6. The highest BCUT2D eigenvalue weighted by Crippen LogP contribution is 2.21. The van der Waals surface area contributed by atoms with Crippen molar-refractivity contribution in [1.29, 1.82) is 0 Å². The Labute approximate surface area is 166 Å². The van der Waals surface area contributed by atoms with Crippen LogP contribution in [0.5, 0.6) is 0 Å². The molecule has 3 aromatic rings. The molecule has 0 spiro atoms. The Morgan fingerprint density at radius 3 is 2.59 bits per heavy atom. The van der Waals surface area contributed by atoms with Crippen LogP contribution < -0.4 is 16.6 Å². The van der Waals surface area contributed by atoms with Crippen molar-refractivity contribution < 1.29 is 18.0 Å². The molecule has 1 heterocycles. The van der Waals surface area contributed by atoms with Gasteiger partial charge in [-0.1, -0.05) is 6.07 Å².